The molecule has 1 unspecified atom stereocenters. The van der Waals surface area contributed by atoms with Crippen molar-refractivity contribution in [1.82, 2.24) is 9.97 Å². The lowest BCUT2D eigenvalue weighted by Gasteiger charge is -2.31. The number of amides is 1. The van der Waals surface area contributed by atoms with Crippen LogP contribution in [0.25, 0.3) is 0 Å². The predicted molar refractivity (Wildman–Crippen MR) is 118 cm³/mol. The molecule has 0 bridgehead atoms. The number of alkyl halides is 2. The number of nitrogens with two attached hydrogens (primary N) is 2. The molecule has 168 valence electrons. The SMILES string of the molecule is CC(C)(F)c1cc(Nc2nc(N3CCCC(N)C3)ncc2C(N)=O)cc(C(C)(C)F)c1. The van der Waals surface area contributed by atoms with Gasteiger partial charge in [0.05, 0.1) is 0 Å². The second kappa shape index (κ2) is 8.37. The largest absolute Gasteiger partial charge is 0.365 e. The predicted octanol–water partition coefficient (Wildman–Crippen LogP) is 3.66. The lowest BCUT2D eigenvalue weighted by Crippen LogP contribution is -2.43. The molecule has 7 nitrogen and oxygen atoms in total. The van der Waals surface area contributed by atoms with Crippen LogP contribution in [0.1, 0.15) is 62.0 Å². The summed E-state index contributed by atoms with van der Waals surface area (Å²) in [5.41, 5.74) is 9.26. The van der Waals surface area contributed by atoms with Gasteiger partial charge in [0.15, 0.2) is 0 Å². The quantitative estimate of drug-likeness (QED) is 0.643. The highest BCUT2D eigenvalue weighted by Gasteiger charge is 2.26. The van der Waals surface area contributed by atoms with Crippen LogP contribution in [0.4, 0.5) is 26.2 Å². The fourth-order valence-electron chi connectivity index (χ4n) is 3.52. The monoisotopic (exact) mass is 432 g/mol. The van der Waals surface area contributed by atoms with Gasteiger partial charge in [-0.2, -0.15) is 4.98 Å². The first-order valence-electron chi connectivity index (χ1n) is 10.3. The first kappa shape index (κ1) is 22.9. The smallest absolute Gasteiger partial charge is 0.254 e. The second-order valence-electron chi connectivity index (χ2n) is 9.01. The van der Waals surface area contributed by atoms with Crippen molar-refractivity contribution in [3.05, 3.63) is 41.1 Å². The fourth-order valence-corrected chi connectivity index (χ4v) is 3.52. The van der Waals surface area contributed by atoms with Crippen LogP contribution in [0.3, 0.4) is 0 Å². The summed E-state index contributed by atoms with van der Waals surface area (Å²) in [6.07, 6.45) is 3.19. The van der Waals surface area contributed by atoms with Gasteiger partial charge in [-0.1, -0.05) is 0 Å². The molecule has 1 aromatic carbocycles. The third kappa shape index (κ3) is 5.46. The Hall–Kier alpha value is -2.81. The number of hydrogen-bond acceptors (Lipinski definition) is 6. The minimum absolute atomic E-state index is 0.0161. The van der Waals surface area contributed by atoms with Crippen LogP contribution in [-0.4, -0.2) is 35.0 Å². The van der Waals surface area contributed by atoms with E-state index in [-0.39, 0.29) is 17.4 Å². The average molecular weight is 433 g/mol. The minimum atomic E-state index is -1.69. The highest BCUT2D eigenvalue weighted by molar-refractivity contribution is 5.98. The average Bonchev–Trinajstić information content (AvgIpc) is 2.66. The highest BCUT2D eigenvalue weighted by atomic mass is 19.1. The number of piperidine rings is 1. The van der Waals surface area contributed by atoms with Gasteiger partial charge < -0.3 is 21.7 Å². The molecule has 1 saturated heterocycles. The van der Waals surface area contributed by atoms with Crippen LogP contribution in [0, 0.1) is 0 Å². The van der Waals surface area contributed by atoms with Crippen LogP contribution in [0.15, 0.2) is 24.4 Å². The van der Waals surface area contributed by atoms with E-state index in [1.807, 2.05) is 4.90 Å². The maximum Gasteiger partial charge on any atom is 0.254 e. The lowest BCUT2D eigenvalue weighted by molar-refractivity contribution is 0.100. The fraction of sp³-hybridized carbons (Fsp3) is 0.500. The van der Waals surface area contributed by atoms with Crippen LogP contribution in [0.5, 0.6) is 0 Å². The van der Waals surface area contributed by atoms with E-state index >= 15 is 0 Å². The first-order chi connectivity index (χ1) is 14.3. The molecule has 0 saturated carbocycles. The molecule has 9 heteroatoms. The molecule has 1 amide bonds. The number of nitrogens with zero attached hydrogens (tertiary/aromatic N) is 3. The summed E-state index contributed by atoms with van der Waals surface area (Å²) >= 11 is 0. The molecular formula is C22H30F2N6O. The highest BCUT2D eigenvalue weighted by Crippen LogP contribution is 2.35. The molecule has 0 radical (unpaired) electrons. The van der Waals surface area contributed by atoms with Crippen molar-refractivity contribution in [2.75, 3.05) is 23.3 Å². The van der Waals surface area contributed by atoms with Crippen LogP contribution < -0.4 is 21.7 Å². The first-order valence-corrected chi connectivity index (χ1v) is 10.3. The molecule has 0 spiro atoms. The van der Waals surface area contributed by atoms with Gasteiger partial charge in [0.2, 0.25) is 5.95 Å². The summed E-state index contributed by atoms with van der Waals surface area (Å²) in [6.45, 7) is 6.95. The third-order valence-corrected chi connectivity index (χ3v) is 5.35. The number of benzene rings is 1. The van der Waals surface area contributed by atoms with Crippen molar-refractivity contribution < 1.29 is 13.6 Å². The maximum atomic E-state index is 14.7. The molecule has 0 aliphatic carbocycles. The summed E-state index contributed by atoms with van der Waals surface area (Å²) in [7, 11) is 0. The summed E-state index contributed by atoms with van der Waals surface area (Å²) in [5, 5.41) is 3.03. The Morgan fingerprint density at radius 2 is 1.77 bits per heavy atom. The molecule has 3 rings (SSSR count). The molecule has 1 atom stereocenters. The minimum Gasteiger partial charge on any atom is -0.365 e. The van der Waals surface area contributed by atoms with Crippen molar-refractivity contribution in [1.29, 1.82) is 0 Å². The van der Waals surface area contributed by atoms with Crippen LogP contribution >= 0.6 is 0 Å². The van der Waals surface area contributed by atoms with Gasteiger partial charge in [-0.3, -0.25) is 4.79 Å². The molecular weight excluding hydrogens is 402 g/mol. The van der Waals surface area contributed by atoms with E-state index in [2.05, 4.69) is 15.3 Å². The molecule has 31 heavy (non-hydrogen) atoms. The van der Waals surface area contributed by atoms with E-state index in [4.69, 9.17) is 11.5 Å². The van der Waals surface area contributed by atoms with Crippen molar-refractivity contribution >= 4 is 23.4 Å². The Kier molecular flexibility index (Phi) is 6.18. The van der Waals surface area contributed by atoms with Crippen molar-refractivity contribution in [2.45, 2.75) is 57.9 Å². The lowest BCUT2D eigenvalue weighted by atomic mass is 9.92. The summed E-state index contributed by atoms with van der Waals surface area (Å²) in [5.74, 6) is -0.124. The van der Waals surface area contributed by atoms with Gasteiger partial charge in [-0.25, -0.2) is 13.8 Å². The van der Waals surface area contributed by atoms with Crippen LogP contribution in [-0.2, 0) is 11.3 Å². The molecule has 1 aliphatic rings. The van der Waals surface area contributed by atoms with Gasteiger partial charge in [0.25, 0.3) is 5.91 Å². The van der Waals surface area contributed by atoms with E-state index in [0.717, 1.165) is 19.4 Å². The summed E-state index contributed by atoms with van der Waals surface area (Å²) in [6, 6.07) is 4.65. The zero-order chi connectivity index (χ0) is 23.0. The number of aromatic nitrogens is 2. The Morgan fingerprint density at radius 3 is 2.29 bits per heavy atom. The number of hydrogen-bond donors (Lipinski definition) is 3. The van der Waals surface area contributed by atoms with Gasteiger partial charge in [0, 0.05) is 31.0 Å². The van der Waals surface area contributed by atoms with Gasteiger partial charge in [0.1, 0.15) is 22.7 Å². The Morgan fingerprint density at radius 1 is 1.16 bits per heavy atom. The van der Waals surface area contributed by atoms with E-state index in [1.54, 1.807) is 12.1 Å². The van der Waals surface area contributed by atoms with Crippen LogP contribution in [0.2, 0.25) is 0 Å². The van der Waals surface area contributed by atoms with Crippen molar-refractivity contribution in [3.63, 3.8) is 0 Å². The Bertz CT molecular complexity index is 935. The Labute approximate surface area is 181 Å². The molecule has 1 aliphatic heterocycles. The number of carbonyl (C=O) groups is 1. The topological polar surface area (TPSA) is 110 Å². The van der Waals surface area contributed by atoms with E-state index in [0.29, 0.717) is 29.3 Å². The molecule has 2 aromatic rings. The zero-order valence-electron chi connectivity index (χ0n) is 18.4. The van der Waals surface area contributed by atoms with Gasteiger partial charge in [-0.15, -0.1) is 0 Å². The number of halogens is 2. The number of nitrogens with one attached hydrogen (secondary N) is 1. The van der Waals surface area contributed by atoms with E-state index < -0.39 is 17.2 Å². The molecule has 1 aromatic heterocycles. The maximum absolute atomic E-state index is 14.7. The summed E-state index contributed by atoms with van der Waals surface area (Å²) in [4.78, 5) is 22.7. The number of carbonyl (C=O) groups excluding carboxylic acids is 1. The number of rotatable bonds is 6. The number of anilines is 3. The van der Waals surface area contributed by atoms with Crippen molar-refractivity contribution in [2.24, 2.45) is 11.5 Å². The van der Waals surface area contributed by atoms with Gasteiger partial charge in [-0.05, 0) is 69.9 Å². The second-order valence-corrected chi connectivity index (χ2v) is 9.01. The summed E-state index contributed by atoms with van der Waals surface area (Å²) < 4.78 is 29.4. The Balaban J connectivity index is 2.04. The molecule has 5 N–H and O–H groups in total. The third-order valence-electron chi connectivity index (χ3n) is 5.35. The van der Waals surface area contributed by atoms with E-state index in [9.17, 15) is 13.6 Å². The van der Waals surface area contributed by atoms with Crippen molar-refractivity contribution in [3.8, 4) is 0 Å². The molecule has 2 heterocycles. The standard InChI is InChI=1S/C22H30F2N6O/c1-21(2,23)13-8-14(22(3,4)24)10-16(9-13)28-19-17(18(26)31)11-27-20(29-19)30-7-5-6-15(25)12-30/h8-11,15H,5-7,12,25H2,1-4H3,(H2,26,31)(H,27,28,29). The normalized spacial score (nSPS) is 17.5. The zero-order valence-corrected chi connectivity index (χ0v) is 18.4. The van der Waals surface area contributed by atoms with Gasteiger partial charge >= 0.3 is 0 Å². The molecule has 1 fully saturated rings. The number of primary amides is 1. The van der Waals surface area contributed by atoms with E-state index in [1.165, 1.54) is 40.0 Å².